The molecular weight excluding hydrogens is 339 g/mol. The number of halogens is 1. The summed E-state index contributed by atoms with van der Waals surface area (Å²) in [5.74, 6) is -3.18. The zero-order chi connectivity index (χ0) is 18.1. The molecule has 0 spiro atoms. The summed E-state index contributed by atoms with van der Waals surface area (Å²) in [4.78, 5) is 11.1. The molecule has 0 saturated heterocycles. The monoisotopic (exact) mass is 372 g/mol. The van der Waals surface area contributed by atoms with Crippen LogP contribution in [0.3, 0.4) is 0 Å². The van der Waals surface area contributed by atoms with Gasteiger partial charge in [0.2, 0.25) is 0 Å². The van der Waals surface area contributed by atoms with Crippen LogP contribution in [0.2, 0.25) is 0 Å². The second-order valence-electron chi connectivity index (χ2n) is 7.21. The van der Waals surface area contributed by atoms with Crippen molar-refractivity contribution in [2.45, 2.75) is 65.5 Å². The number of benzene rings is 1. The van der Waals surface area contributed by atoms with Crippen molar-refractivity contribution < 1.29 is 9.90 Å². The van der Waals surface area contributed by atoms with Crippen LogP contribution >= 0.6 is 17.2 Å². The molecule has 0 heterocycles. The van der Waals surface area contributed by atoms with Crippen LogP contribution in [-0.4, -0.2) is 29.6 Å². The van der Waals surface area contributed by atoms with Gasteiger partial charge in [-0.2, -0.15) is 0 Å². The number of carbonyl (C=O) groups is 1. The van der Waals surface area contributed by atoms with Gasteiger partial charge in [-0.3, -0.25) is 0 Å². The van der Waals surface area contributed by atoms with Crippen molar-refractivity contribution in [2.75, 3.05) is 18.5 Å². The molecule has 0 aliphatic rings. The van der Waals surface area contributed by atoms with Crippen LogP contribution in [0.4, 0.5) is 0 Å². The molecule has 0 aromatic heterocycles. The molecule has 1 aromatic carbocycles. The molecule has 1 aromatic rings. The summed E-state index contributed by atoms with van der Waals surface area (Å²) in [6.07, 6.45) is 11.6. The van der Waals surface area contributed by atoms with Crippen molar-refractivity contribution in [1.82, 2.24) is 0 Å². The number of carboxylic acid groups (broad SMARTS) is 1. The van der Waals surface area contributed by atoms with Gasteiger partial charge in [0.25, 0.3) is 0 Å². The van der Waals surface area contributed by atoms with Gasteiger partial charge in [0.1, 0.15) is 0 Å². The fourth-order valence-corrected chi connectivity index (χ4v) is 10.5. The Morgan fingerprint density at radius 3 is 1.67 bits per heavy atom. The van der Waals surface area contributed by atoms with Crippen LogP contribution < -0.4 is 0 Å². The number of aromatic carboxylic acids is 1. The second-order valence-corrected chi connectivity index (χ2v) is 15.4. The van der Waals surface area contributed by atoms with Crippen LogP contribution in [0.25, 0.3) is 0 Å². The van der Waals surface area contributed by atoms with Gasteiger partial charge in [-0.05, 0) is 0 Å². The fraction of sp³-hybridized carbons (Fsp3) is 0.650. The maximum atomic E-state index is 11.1. The van der Waals surface area contributed by atoms with Gasteiger partial charge >= 0.3 is 152 Å². The molecule has 4 heteroatoms. The van der Waals surface area contributed by atoms with Gasteiger partial charge in [0, 0.05) is 0 Å². The molecular formula is C20H34ClO2P. The molecule has 0 fully saturated rings. The van der Waals surface area contributed by atoms with E-state index in [9.17, 15) is 4.79 Å². The Balaban J connectivity index is 3.10. The Morgan fingerprint density at radius 1 is 0.917 bits per heavy atom. The van der Waals surface area contributed by atoms with Crippen molar-refractivity contribution in [1.29, 1.82) is 0 Å². The predicted molar refractivity (Wildman–Crippen MR) is 109 cm³/mol. The van der Waals surface area contributed by atoms with Crippen molar-refractivity contribution in [3.8, 4) is 0 Å². The molecule has 0 unspecified atom stereocenters. The van der Waals surface area contributed by atoms with Gasteiger partial charge < -0.3 is 0 Å². The zero-order valence-corrected chi connectivity index (χ0v) is 17.2. The molecule has 0 amide bonds. The molecule has 138 valence electrons. The average molecular weight is 373 g/mol. The van der Waals surface area contributed by atoms with Crippen LogP contribution in [0.15, 0.2) is 24.3 Å². The standard InChI is InChI=1S/C20H34ClO2P/c1-4-7-14-24(21,15-8-5-2,16-9-6-3)17-18-10-12-19(13-11-18)20(22)23/h10-13H,4-9,14-17H2,1-3H3,(H,22,23). The van der Waals surface area contributed by atoms with Gasteiger partial charge in [-0.15, -0.1) is 0 Å². The first-order chi connectivity index (χ1) is 11.4. The maximum absolute atomic E-state index is 11.1. The Morgan fingerprint density at radius 2 is 1.33 bits per heavy atom. The van der Waals surface area contributed by atoms with E-state index in [4.69, 9.17) is 16.3 Å². The summed E-state index contributed by atoms with van der Waals surface area (Å²) in [5, 5.41) is 9.09. The molecule has 1 rings (SSSR count). The molecule has 0 radical (unpaired) electrons. The van der Waals surface area contributed by atoms with E-state index in [-0.39, 0.29) is 0 Å². The van der Waals surface area contributed by atoms with Crippen LogP contribution in [0.5, 0.6) is 0 Å². The molecule has 2 nitrogen and oxygen atoms in total. The number of carboxylic acids is 1. The summed E-state index contributed by atoms with van der Waals surface area (Å²) >= 11 is 7.59. The number of unbranched alkanes of at least 4 members (excludes halogenated alkanes) is 3. The van der Waals surface area contributed by atoms with E-state index in [0.29, 0.717) is 5.56 Å². The fourth-order valence-electron chi connectivity index (χ4n) is 3.44. The first kappa shape index (κ1) is 21.5. The molecule has 24 heavy (non-hydrogen) atoms. The van der Waals surface area contributed by atoms with Gasteiger partial charge in [-0.1, -0.05) is 0 Å². The second kappa shape index (κ2) is 9.78. The van der Waals surface area contributed by atoms with Crippen LogP contribution in [0, 0.1) is 0 Å². The predicted octanol–water partition coefficient (Wildman–Crippen LogP) is 6.99. The Kier molecular flexibility index (Phi) is 8.74. The Hall–Kier alpha value is -0.590. The van der Waals surface area contributed by atoms with E-state index in [2.05, 4.69) is 20.8 Å². The van der Waals surface area contributed by atoms with E-state index >= 15 is 0 Å². The minimum absolute atomic E-state index is 0.351. The van der Waals surface area contributed by atoms with Gasteiger partial charge in [0.05, 0.1) is 0 Å². The minimum atomic E-state index is -2.31. The van der Waals surface area contributed by atoms with Gasteiger partial charge in [-0.25, -0.2) is 0 Å². The third-order valence-electron chi connectivity index (χ3n) is 4.99. The molecule has 0 aliphatic heterocycles. The van der Waals surface area contributed by atoms with E-state index in [1.165, 1.54) is 44.1 Å². The van der Waals surface area contributed by atoms with Crippen molar-refractivity contribution in [3.05, 3.63) is 35.4 Å². The molecule has 0 bridgehead atoms. The SMILES string of the molecule is CCCCP(Cl)(CCCC)(CCCC)Cc1ccc(C(=O)O)cc1. The summed E-state index contributed by atoms with van der Waals surface area (Å²) < 4.78 is 0. The molecule has 0 atom stereocenters. The normalized spacial score (nSPS) is 13.4. The quantitative estimate of drug-likeness (QED) is 0.401. The molecule has 0 saturated carbocycles. The number of rotatable bonds is 12. The first-order valence-electron chi connectivity index (χ1n) is 9.41. The summed E-state index contributed by atoms with van der Waals surface area (Å²) in [7, 11) is 0. The first-order valence-corrected chi connectivity index (χ1v) is 13.3. The number of hydrogen-bond donors (Lipinski definition) is 1. The summed E-state index contributed by atoms with van der Waals surface area (Å²) in [6.45, 7) is 6.71. The Labute approximate surface area is 152 Å². The topological polar surface area (TPSA) is 37.3 Å². The van der Waals surface area contributed by atoms with Crippen LogP contribution in [-0.2, 0) is 6.16 Å². The van der Waals surface area contributed by atoms with Crippen molar-refractivity contribution >= 4 is 23.2 Å². The summed E-state index contributed by atoms with van der Waals surface area (Å²) in [6, 6.07) is 7.37. The van der Waals surface area contributed by atoms with E-state index in [1.807, 2.05) is 12.1 Å². The zero-order valence-electron chi connectivity index (χ0n) is 15.6. The summed E-state index contributed by atoms with van der Waals surface area (Å²) in [5.41, 5.74) is 1.56. The Bertz CT molecular complexity index is 488. The van der Waals surface area contributed by atoms with Crippen LogP contribution in [0.1, 0.15) is 75.2 Å². The van der Waals surface area contributed by atoms with E-state index in [1.54, 1.807) is 12.1 Å². The average Bonchev–Trinajstić information content (AvgIpc) is 2.58. The molecule has 1 N–H and O–H groups in total. The van der Waals surface area contributed by atoms with E-state index in [0.717, 1.165) is 24.6 Å². The van der Waals surface area contributed by atoms with Crippen molar-refractivity contribution in [2.24, 2.45) is 0 Å². The van der Waals surface area contributed by atoms with Gasteiger partial charge in [0.15, 0.2) is 0 Å². The molecule has 0 aliphatic carbocycles. The number of hydrogen-bond acceptors (Lipinski definition) is 1. The third-order valence-corrected chi connectivity index (χ3v) is 12.3. The van der Waals surface area contributed by atoms with Crippen molar-refractivity contribution in [3.63, 3.8) is 0 Å². The third kappa shape index (κ3) is 6.37. The van der Waals surface area contributed by atoms with E-state index < -0.39 is 11.9 Å².